The van der Waals surface area contributed by atoms with Gasteiger partial charge in [-0.1, -0.05) is 0 Å². The number of carbonyl (C=O) groups excluding carboxylic acids is 1. The minimum absolute atomic E-state index is 0.0544. The van der Waals surface area contributed by atoms with Crippen LogP contribution in [0, 0.1) is 0 Å². The van der Waals surface area contributed by atoms with Gasteiger partial charge in [0.1, 0.15) is 6.04 Å². The van der Waals surface area contributed by atoms with Gasteiger partial charge in [-0.25, -0.2) is 9.97 Å². The Labute approximate surface area is 120 Å². The zero-order valence-electron chi connectivity index (χ0n) is 11.0. The SMILES string of the molecule is CC(C)NC(=O)C1COCCN1c1ncc(Br)cn1. The molecular formula is C12H17BrN4O2. The standard InChI is InChI=1S/C12H17BrN4O2/c1-8(2)16-11(18)10-7-19-4-3-17(10)12-14-5-9(13)6-15-12/h5-6,8,10H,3-4,7H2,1-2H3,(H,16,18). The van der Waals surface area contributed by atoms with Crippen LogP contribution in [0.25, 0.3) is 0 Å². The second-order valence-corrected chi connectivity index (χ2v) is 5.56. The number of anilines is 1. The van der Waals surface area contributed by atoms with E-state index in [0.717, 1.165) is 4.47 Å². The van der Waals surface area contributed by atoms with Gasteiger partial charge in [-0.2, -0.15) is 0 Å². The molecule has 1 unspecified atom stereocenters. The Balaban J connectivity index is 2.15. The van der Waals surface area contributed by atoms with Crippen molar-refractivity contribution in [1.82, 2.24) is 15.3 Å². The van der Waals surface area contributed by atoms with E-state index in [1.165, 1.54) is 0 Å². The predicted octanol–water partition coefficient (Wildman–Crippen LogP) is 0.969. The molecule has 1 aliphatic heterocycles. The molecule has 0 radical (unpaired) electrons. The second-order valence-electron chi connectivity index (χ2n) is 4.65. The van der Waals surface area contributed by atoms with Crippen molar-refractivity contribution in [2.24, 2.45) is 0 Å². The fraction of sp³-hybridized carbons (Fsp3) is 0.583. The molecule has 1 amide bonds. The topological polar surface area (TPSA) is 67.3 Å². The largest absolute Gasteiger partial charge is 0.377 e. The van der Waals surface area contributed by atoms with Crippen molar-refractivity contribution in [1.29, 1.82) is 0 Å². The van der Waals surface area contributed by atoms with Crippen LogP contribution < -0.4 is 10.2 Å². The summed E-state index contributed by atoms with van der Waals surface area (Å²) in [6, 6.07) is -0.278. The maximum atomic E-state index is 12.2. The number of rotatable bonds is 3. The smallest absolute Gasteiger partial charge is 0.245 e. The summed E-state index contributed by atoms with van der Waals surface area (Å²) in [7, 11) is 0. The molecule has 1 aromatic rings. The summed E-state index contributed by atoms with van der Waals surface area (Å²) in [6.45, 7) is 5.41. The van der Waals surface area contributed by atoms with E-state index < -0.39 is 0 Å². The molecular weight excluding hydrogens is 312 g/mol. The lowest BCUT2D eigenvalue weighted by Gasteiger charge is -2.34. The maximum Gasteiger partial charge on any atom is 0.245 e. The molecule has 1 aliphatic rings. The first-order chi connectivity index (χ1) is 9.08. The predicted molar refractivity (Wildman–Crippen MR) is 75.0 cm³/mol. The second kappa shape index (κ2) is 6.29. The van der Waals surface area contributed by atoms with E-state index in [-0.39, 0.29) is 18.0 Å². The average molecular weight is 329 g/mol. The highest BCUT2D eigenvalue weighted by Gasteiger charge is 2.31. The summed E-state index contributed by atoms with van der Waals surface area (Å²) in [4.78, 5) is 22.5. The van der Waals surface area contributed by atoms with Crippen molar-refractivity contribution in [3.05, 3.63) is 16.9 Å². The summed E-state index contributed by atoms with van der Waals surface area (Å²) < 4.78 is 6.21. The van der Waals surface area contributed by atoms with Crippen molar-refractivity contribution in [2.45, 2.75) is 25.9 Å². The number of hydrogen-bond acceptors (Lipinski definition) is 5. The number of ether oxygens (including phenoxy) is 1. The number of halogens is 1. The monoisotopic (exact) mass is 328 g/mol. The highest BCUT2D eigenvalue weighted by atomic mass is 79.9. The Bertz CT molecular complexity index is 438. The van der Waals surface area contributed by atoms with Gasteiger partial charge in [-0.15, -0.1) is 0 Å². The molecule has 104 valence electrons. The number of morpholine rings is 1. The van der Waals surface area contributed by atoms with Crippen LogP contribution >= 0.6 is 15.9 Å². The minimum Gasteiger partial charge on any atom is -0.377 e. The molecule has 1 atom stereocenters. The lowest BCUT2D eigenvalue weighted by atomic mass is 10.2. The Kier molecular flexibility index (Phi) is 4.71. The molecule has 7 heteroatoms. The Morgan fingerprint density at radius 2 is 2.21 bits per heavy atom. The van der Waals surface area contributed by atoms with Crippen LogP contribution in [0.15, 0.2) is 16.9 Å². The van der Waals surface area contributed by atoms with E-state index in [1.54, 1.807) is 12.4 Å². The summed E-state index contributed by atoms with van der Waals surface area (Å²) in [5.74, 6) is 0.497. The van der Waals surface area contributed by atoms with Crippen LogP contribution in [0.1, 0.15) is 13.8 Å². The normalized spacial score (nSPS) is 19.6. The zero-order valence-corrected chi connectivity index (χ0v) is 12.6. The molecule has 1 fully saturated rings. The minimum atomic E-state index is -0.377. The average Bonchev–Trinajstić information content (AvgIpc) is 2.39. The van der Waals surface area contributed by atoms with Gasteiger partial charge >= 0.3 is 0 Å². The van der Waals surface area contributed by atoms with E-state index in [1.807, 2.05) is 18.7 Å². The molecule has 0 aromatic carbocycles. The lowest BCUT2D eigenvalue weighted by molar-refractivity contribution is -0.125. The fourth-order valence-corrected chi connectivity index (χ4v) is 2.10. The highest BCUT2D eigenvalue weighted by molar-refractivity contribution is 9.10. The highest BCUT2D eigenvalue weighted by Crippen LogP contribution is 2.16. The van der Waals surface area contributed by atoms with E-state index in [2.05, 4.69) is 31.2 Å². The number of aromatic nitrogens is 2. The molecule has 1 aromatic heterocycles. The third-order valence-electron chi connectivity index (χ3n) is 2.73. The summed E-state index contributed by atoms with van der Waals surface area (Å²) in [6.07, 6.45) is 3.35. The maximum absolute atomic E-state index is 12.2. The van der Waals surface area contributed by atoms with E-state index in [9.17, 15) is 4.79 Å². The van der Waals surface area contributed by atoms with E-state index in [4.69, 9.17) is 4.74 Å². The first-order valence-corrected chi connectivity index (χ1v) is 6.99. The molecule has 2 rings (SSSR count). The van der Waals surface area contributed by atoms with Crippen LogP contribution in [0.3, 0.4) is 0 Å². The van der Waals surface area contributed by atoms with Gasteiger partial charge in [0.2, 0.25) is 11.9 Å². The molecule has 0 bridgehead atoms. The molecule has 2 heterocycles. The number of nitrogens with zero attached hydrogens (tertiary/aromatic N) is 3. The molecule has 0 spiro atoms. The summed E-state index contributed by atoms with van der Waals surface area (Å²) in [5, 5.41) is 2.90. The van der Waals surface area contributed by atoms with E-state index in [0.29, 0.717) is 25.7 Å². The molecule has 0 aliphatic carbocycles. The van der Waals surface area contributed by atoms with Crippen molar-refractivity contribution in [2.75, 3.05) is 24.7 Å². The van der Waals surface area contributed by atoms with Gasteiger partial charge in [0.05, 0.1) is 17.7 Å². The number of nitrogens with one attached hydrogen (secondary N) is 1. The Morgan fingerprint density at radius 1 is 1.53 bits per heavy atom. The van der Waals surface area contributed by atoms with Crippen LogP contribution in [-0.2, 0) is 9.53 Å². The Morgan fingerprint density at radius 3 is 2.84 bits per heavy atom. The summed E-state index contributed by atoms with van der Waals surface area (Å²) in [5.41, 5.74) is 0. The van der Waals surface area contributed by atoms with Crippen molar-refractivity contribution >= 4 is 27.8 Å². The molecule has 1 N–H and O–H groups in total. The molecule has 19 heavy (non-hydrogen) atoms. The van der Waals surface area contributed by atoms with Crippen LogP contribution in [0.4, 0.5) is 5.95 Å². The zero-order chi connectivity index (χ0) is 13.8. The van der Waals surface area contributed by atoms with Crippen molar-refractivity contribution in [3.8, 4) is 0 Å². The van der Waals surface area contributed by atoms with Crippen LogP contribution in [-0.4, -0.2) is 47.7 Å². The quantitative estimate of drug-likeness (QED) is 0.895. The van der Waals surface area contributed by atoms with Gasteiger partial charge in [-0.3, -0.25) is 4.79 Å². The van der Waals surface area contributed by atoms with Gasteiger partial charge in [-0.05, 0) is 29.8 Å². The van der Waals surface area contributed by atoms with Gasteiger partial charge in [0, 0.05) is 25.0 Å². The molecule has 6 nitrogen and oxygen atoms in total. The van der Waals surface area contributed by atoms with Gasteiger partial charge in [0.15, 0.2) is 0 Å². The third kappa shape index (κ3) is 3.63. The summed E-state index contributed by atoms with van der Waals surface area (Å²) >= 11 is 3.30. The number of carbonyl (C=O) groups is 1. The third-order valence-corrected chi connectivity index (χ3v) is 3.14. The first-order valence-electron chi connectivity index (χ1n) is 6.20. The Hall–Kier alpha value is -1.21. The van der Waals surface area contributed by atoms with Gasteiger partial charge < -0.3 is 15.0 Å². The fourth-order valence-electron chi connectivity index (χ4n) is 1.89. The molecule has 0 saturated carbocycles. The first kappa shape index (κ1) is 14.2. The number of amides is 1. The van der Waals surface area contributed by atoms with Crippen LogP contribution in [0.2, 0.25) is 0 Å². The molecule has 1 saturated heterocycles. The van der Waals surface area contributed by atoms with Crippen molar-refractivity contribution < 1.29 is 9.53 Å². The van der Waals surface area contributed by atoms with E-state index >= 15 is 0 Å². The van der Waals surface area contributed by atoms with Gasteiger partial charge in [0.25, 0.3) is 0 Å². The van der Waals surface area contributed by atoms with Crippen molar-refractivity contribution in [3.63, 3.8) is 0 Å². The van der Waals surface area contributed by atoms with Crippen LogP contribution in [0.5, 0.6) is 0 Å². The number of hydrogen-bond donors (Lipinski definition) is 1. The lowest BCUT2D eigenvalue weighted by Crippen LogP contribution is -2.55.